The van der Waals surface area contributed by atoms with E-state index in [-0.39, 0.29) is 6.03 Å². The lowest BCUT2D eigenvalue weighted by atomic mass is 10.1. The summed E-state index contributed by atoms with van der Waals surface area (Å²) in [7, 11) is 0. The number of hydrogen-bond acceptors (Lipinski definition) is 2. The van der Waals surface area contributed by atoms with E-state index < -0.39 is 5.54 Å². The van der Waals surface area contributed by atoms with E-state index >= 15 is 0 Å². The second-order valence-electron chi connectivity index (χ2n) is 4.81. The highest BCUT2D eigenvalue weighted by atomic mass is 16.5. The third kappa shape index (κ3) is 2.61. The molecule has 0 saturated carbocycles. The summed E-state index contributed by atoms with van der Waals surface area (Å²) in [6.07, 6.45) is 3.28. The molecule has 0 radical (unpaired) electrons. The van der Waals surface area contributed by atoms with Crippen LogP contribution in [0, 0.1) is 0 Å². The van der Waals surface area contributed by atoms with Gasteiger partial charge in [0.25, 0.3) is 0 Å². The van der Waals surface area contributed by atoms with Crippen LogP contribution in [-0.4, -0.2) is 39.8 Å². The fourth-order valence-electron chi connectivity index (χ4n) is 1.51. The minimum absolute atomic E-state index is 0.266. The summed E-state index contributed by atoms with van der Waals surface area (Å²) in [5.41, 5.74) is -0.519. The van der Waals surface area contributed by atoms with Crippen molar-refractivity contribution in [2.24, 2.45) is 0 Å². The van der Waals surface area contributed by atoms with Crippen molar-refractivity contribution in [1.82, 2.24) is 9.96 Å². The molecule has 1 N–H and O–H groups in total. The minimum Gasteiger partial charge on any atom is -0.323 e. The van der Waals surface area contributed by atoms with Crippen molar-refractivity contribution in [2.45, 2.75) is 45.6 Å². The molecule has 0 bridgehead atoms. The van der Waals surface area contributed by atoms with E-state index in [1.165, 1.54) is 6.42 Å². The first-order valence-corrected chi connectivity index (χ1v) is 5.21. The first-order chi connectivity index (χ1) is 6.43. The second-order valence-corrected chi connectivity index (χ2v) is 4.81. The number of amides is 2. The summed E-state index contributed by atoms with van der Waals surface area (Å²) in [4.78, 5) is 13.5. The van der Waals surface area contributed by atoms with Crippen molar-refractivity contribution in [2.75, 3.05) is 13.1 Å². The molecule has 0 aromatic heterocycles. The van der Waals surface area contributed by atoms with Crippen LogP contribution >= 0.6 is 0 Å². The van der Waals surface area contributed by atoms with Crippen LogP contribution in [0.5, 0.6) is 0 Å². The van der Waals surface area contributed by atoms with Crippen LogP contribution < -0.4 is 0 Å². The van der Waals surface area contributed by atoms with Crippen LogP contribution in [0.3, 0.4) is 0 Å². The van der Waals surface area contributed by atoms with Crippen molar-refractivity contribution in [3.63, 3.8) is 0 Å². The molecule has 0 aromatic rings. The largest absolute Gasteiger partial charge is 0.344 e. The molecule has 4 nitrogen and oxygen atoms in total. The van der Waals surface area contributed by atoms with Gasteiger partial charge in [0.2, 0.25) is 0 Å². The van der Waals surface area contributed by atoms with Gasteiger partial charge in [-0.1, -0.05) is 0 Å². The molecule has 0 aliphatic carbocycles. The van der Waals surface area contributed by atoms with Gasteiger partial charge < -0.3 is 4.90 Å². The Labute approximate surface area is 85.4 Å². The topological polar surface area (TPSA) is 43.8 Å². The third-order valence-corrected chi connectivity index (χ3v) is 2.44. The van der Waals surface area contributed by atoms with E-state index in [1.807, 2.05) is 20.8 Å². The number of urea groups is 1. The number of hydroxylamine groups is 2. The Bertz CT molecular complexity index is 205. The lowest BCUT2D eigenvalue weighted by Crippen LogP contribution is -2.51. The predicted octanol–water partition coefficient (Wildman–Crippen LogP) is 2.08. The van der Waals surface area contributed by atoms with Crippen molar-refractivity contribution in [3.05, 3.63) is 0 Å². The van der Waals surface area contributed by atoms with Gasteiger partial charge in [0.15, 0.2) is 0 Å². The summed E-state index contributed by atoms with van der Waals surface area (Å²) in [5.74, 6) is 0. The molecule has 4 heteroatoms. The molecule has 0 spiro atoms. The number of nitrogens with zero attached hydrogens (tertiary/aromatic N) is 2. The third-order valence-electron chi connectivity index (χ3n) is 2.44. The highest BCUT2D eigenvalue weighted by Gasteiger charge is 2.29. The van der Waals surface area contributed by atoms with Gasteiger partial charge in [-0.2, -0.15) is 0 Å². The molecule has 0 aromatic carbocycles. The molecule has 1 fully saturated rings. The van der Waals surface area contributed by atoms with Crippen molar-refractivity contribution < 1.29 is 10.0 Å². The monoisotopic (exact) mass is 200 g/mol. The van der Waals surface area contributed by atoms with E-state index in [4.69, 9.17) is 0 Å². The summed E-state index contributed by atoms with van der Waals surface area (Å²) < 4.78 is 0. The molecule has 14 heavy (non-hydrogen) atoms. The predicted molar refractivity (Wildman–Crippen MR) is 54.2 cm³/mol. The molecule has 0 unspecified atom stereocenters. The molecular weight excluding hydrogens is 180 g/mol. The number of piperidine rings is 1. The van der Waals surface area contributed by atoms with Crippen LogP contribution in [-0.2, 0) is 0 Å². The van der Waals surface area contributed by atoms with Gasteiger partial charge in [-0.25, -0.2) is 9.86 Å². The number of likely N-dealkylation sites (tertiary alicyclic amines) is 1. The van der Waals surface area contributed by atoms with Crippen LogP contribution in [0.1, 0.15) is 40.0 Å². The van der Waals surface area contributed by atoms with E-state index in [9.17, 15) is 10.0 Å². The second kappa shape index (κ2) is 4.17. The van der Waals surface area contributed by atoms with Crippen molar-refractivity contribution in [1.29, 1.82) is 0 Å². The number of carbonyl (C=O) groups is 1. The normalized spacial score (nSPS) is 18.1. The minimum atomic E-state index is -0.519. The van der Waals surface area contributed by atoms with Gasteiger partial charge in [-0.05, 0) is 40.0 Å². The quantitative estimate of drug-likeness (QED) is 0.480. The standard InChI is InChI=1S/C10H20N2O2/c1-10(2,3)12(14)9(13)11-7-5-4-6-8-11/h14H,4-8H2,1-3H3. The average Bonchev–Trinajstić information content (AvgIpc) is 2.15. The zero-order valence-electron chi connectivity index (χ0n) is 9.29. The zero-order valence-corrected chi connectivity index (χ0v) is 9.29. The summed E-state index contributed by atoms with van der Waals surface area (Å²) in [6, 6.07) is -0.266. The molecule has 1 aliphatic rings. The van der Waals surface area contributed by atoms with E-state index in [2.05, 4.69) is 0 Å². The Morgan fingerprint density at radius 3 is 2.14 bits per heavy atom. The van der Waals surface area contributed by atoms with Gasteiger partial charge in [0.05, 0.1) is 5.54 Å². The molecule has 1 saturated heterocycles. The van der Waals surface area contributed by atoms with Gasteiger partial charge >= 0.3 is 6.03 Å². The SMILES string of the molecule is CC(C)(C)N(O)C(=O)N1CCCCC1. The number of carbonyl (C=O) groups excluding carboxylic acids is 1. The molecule has 2 amide bonds. The average molecular weight is 200 g/mol. The maximum atomic E-state index is 11.7. The molecule has 1 heterocycles. The van der Waals surface area contributed by atoms with Gasteiger partial charge in [-0.3, -0.25) is 5.21 Å². The van der Waals surface area contributed by atoms with E-state index in [0.29, 0.717) is 0 Å². The van der Waals surface area contributed by atoms with Crippen molar-refractivity contribution in [3.8, 4) is 0 Å². The van der Waals surface area contributed by atoms with E-state index in [0.717, 1.165) is 31.0 Å². The van der Waals surface area contributed by atoms with E-state index in [1.54, 1.807) is 4.90 Å². The molecule has 1 aliphatic heterocycles. The van der Waals surface area contributed by atoms with Gasteiger partial charge in [0.1, 0.15) is 0 Å². The lowest BCUT2D eigenvalue weighted by Gasteiger charge is -2.35. The highest BCUT2D eigenvalue weighted by molar-refractivity contribution is 5.73. The lowest BCUT2D eigenvalue weighted by molar-refractivity contribution is -0.118. The van der Waals surface area contributed by atoms with Crippen LogP contribution in [0.2, 0.25) is 0 Å². The van der Waals surface area contributed by atoms with Gasteiger partial charge in [0, 0.05) is 13.1 Å². The van der Waals surface area contributed by atoms with Crippen LogP contribution in [0.25, 0.3) is 0 Å². The van der Waals surface area contributed by atoms with Crippen molar-refractivity contribution >= 4 is 6.03 Å². The Morgan fingerprint density at radius 2 is 1.71 bits per heavy atom. The molecular formula is C10H20N2O2. The summed E-state index contributed by atoms with van der Waals surface area (Å²) in [5, 5.41) is 10.5. The first-order valence-electron chi connectivity index (χ1n) is 5.21. The Hall–Kier alpha value is -0.770. The summed E-state index contributed by atoms with van der Waals surface area (Å²) in [6.45, 7) is 6.98. The smallest absolute Gasteiger partial charge is 0.323 e. The Kier molecular flexibility index (Phi) is 3.37. The number of rotatable bonds is 0. The molecule has 0 atom stereocenters. The Morgan fingerprint density at radius 1 is 1.21 bits per heavy atom. The van der Waals surface area contributed by atoms with Crippen LogP contribution in [0.15, 0.2) is 0 Å². The fourth-order valence-corrected chi connectivity index (χ4v) is 1.51. The Balaban J connectivity index is 2.55. The summed E-state index contributed by atoms with van der Waals surface area (Å²) >= 11 is 0. The fraction of sp³-hybridized carbons (Fsp3) is 0.900. The number of hydrogen-bond donors (Lipinski definition) is 1. The maximum absolute atomic E-state index is 11.7. The molecule has 82 valence electrons. The van der Waals surface area contributed by atoms with Crippen LogP contribution in [0.4, 0.5) is 4.79 Å². The molecule has 1 rings (SSSR count). The highest BCUT2D eigenvalue weighted by Crippen LogP contribution is 2.16. The first kappa shape index (κ1) is 11.3. The zero-order chi connectivity index (χ0) is 10.8. The van der Waals surface area contributed by atoms with Gasteiger partial charge in [-0.15, -0.1) is 0 Å². The maximum Gasteiger partial charge on any atom is 0.344 e.